The molecule has 15 nitrogen and oxygen atoms in total. The number of ether oxygens (including phenoxy) is 13. The number of unbranched alkanes of at least 4 members (excludes halogenated alkanes) is 7. The maximum absolute atomic E-state index is 11.9. The average Bonchev–Trinajstić information content (AvgIpc) is 3.23. The summed E-state index contributed by atoms with van der Waals surface area (Å²) in [5, 5.41) is 0. The number of benzene rings is 1. The quantitative estimate of drug-likeness (QED) is 0.0384. The normalized spacial score (nSPS) is 11.4. The van der Waals surface area contributed by atoms with Crippen LogP contribution in [-0.4, -0.2) is 177 Å². The topological polar surface area (TPSA) is 154 Å². The Bertz CT molecular complexity index is 972. The molecular weight excluding hydrogens is 744 g/mol. The third-order valence-electron chi connectivity index (χ3n) is 7.92. The van der Waals surface area contributed by atoms with E-state index in [4.69, 9.17) is 61.6 Å². The fourth-order valence-electron chi connectivity index (χ4n) is 4.83. The number of ketones is 1. The highest BCUT2D eigenvalue weighted by molar-refractivity contribution is 6.40. The minimum absolute atomic E-state index is 0.00336. The van der Waals surface area contributed by atoms with Crippen LogP contribution in [-0.2, 0) is 66.4 Å². The molecule has 0 radical (unpaired) electrons. The Kier molecular flexibility index (Phi) is 41.7. The van der Waals surface area contributed by atoms with Gasteiger partial charge in [-0.05, 0) is 6.42 Å². The predicted molar refractivity (Wildman–Crippen MR) is 214 cm³/mol. The van der Waals surface area contributed by atoms with E-state index in [9.17, 15) is 9.59 Å². The standard InChI is InChI=1S/C42H74O15/c1-2-3-4-5-6-7-8-12-15-45-16-17-46-18-19-47-20-21-48-22-23-49-24-25-50-26-27-51-28-29-52-30-31-53-32-33-54-34-35-55-36-37-56-38-39-57-42(44)41(43)40-13-10-9-11-14-40/h9-11,13-14H,2-8,12,15-39H2,1H3. The Labute approximate surface area is 341 Å². The maximum Gasteiger partial charge on any atom is 0.379 e. The minimum atomic E-state index is -0.897. The Morgan fingerprint density at radius 1 is 0.333 bits per heavy atom. The van der Waals surface area contributed by atoms with Crippen molar-refractivity contribution in [2.24, 2.45) is 0 Å². The van der Waals surface area contributed by atoms with Crippen molar-refractivity contribution in [3.63, 3.8) is 0 Å². The molecule has 1 rings (SSSR count). The minimum Gasteiger partial charge on any atom is -0.457 e. The van der Waals surface area contributed by atoms with E-state index in [0.29, 0.717) is 151 Å². The summed E-state index contributed by atoms with van der Waals surface area (Å²) < 4.78 is 70.8. The van der Waals surface area contributed by atoms with Crippen molar-refractivity contribution in [1.29, 1.82) is 0 Å². The zero-order valence-electron chi connectivity index (χ0n) is 34.8. The van der Waals surface area contributed by atoms with Crippen molar-refractivity contribution in [1.82, 2.24) is 0 Å². The lowest BCUT2D eigenvalue weighted by Gasteiger charge is -2.09. The summed E-state index contributed by atoms with van der Waals surface area (Å²) in [6.45, 7) is 14.1. The molecule has 0 bridgehead atoms. The van der Waals surface area contributed by atoms with Crippen LogP contribution in [0.15, 0.2) is 30.3 Å². The van der Waals surface area contributed by atoms with Crippen molar-refractivity contribution in [2.45, 2.75) is 58.3 Å². The molecule has 1 aromatic carbocycles. The Morgan fingerprint density at radius 2 is 0.596 bits per heavy atom. The van der Waals surface area contributed by atoms with Gasteiger partial charge in [-0.1, -0.05) is 82.2 Å². The summed E-state index contributed by atoms with van der Waals surface area (Å²) in [7, 11) is 0. The van der Waals surface area contributed by atoms with Crippen molar-refractivity contribution >= 4 is 11.8 Å². The first-order valence-electron chi connectivity index (χ1n) is 20.9. The van der Waals surface area contributed by atoms with Crippen LogP contribution >= 0.6 is 0 Å². The average molecular weight is 819 g/mol. The number of hydrogen-bond donors (Lipinski definition) is 0. The molecule has 0 saturated carbocycles. The molecule has 0 spiro atoms. The molecule has 0 saturated heterocycles. The predicted octanol–water partition coefficient (Wildman–Crippen LogP) is 4.75. The van der Waals surface area contributed by atoms with Gasteiger partial charge < -0.3 is 61.6 Å². The Morgan fingerprint density at radius 3 is 0.912 bits per heavy atom. The van der Waals surface area contributed by atoms with Crippen molar-refractivity contribution in [2.75, 3.05) is 165 Å². The molecule has 1 aromatic rings. The van der Waals surface area contributed by atoms with E-state index in [1.54, 1.807) is 30.3 Å². The summed E-state index contributed by atoms with van der Waals surface area (Å²) in [6, 6.07) is 8.27. The van der Waals surface area contributed by atoms with E-state index in [1.165, 1.54) is 44.9 Å². The first-order valence-corrected chi connectivity index (χ1v) is 20.9. The highest BCUT2D eigenvalue weighted by Crippen LogP contribution is 2.08. The zero-order chi connectivity index (χ0) is 40.8. The first-order chi connectivity index (χ1) is 28.3. The van der Waals surface area contributed by atoms with E-state index < -0.39 is 11.8 Å². The highest BCUT2D eigenvalue weighted by atomic mass is 16.6. The molecule has 0 fully saturated rings. The van der Waals surface area contributed by atoms with Gasteiger partial charge >= 0.3 is 5.97 Å². The lowest BCUT2D eigenvalue weighted by Crippen LogP contribution is -2.20. The van der Waals surface area contributed by atoms with Crippen LogP contribution in [0.1, 0.15) is 68.6 Å². The van der Waals surface area contributed by atoms with Crippen molar-refractivity contribution in [3.05, 3.63) is 35.9 Å². The molecule has 57 heavy (non-hydrogen) atoms. The second kappa shape index (κ2) is 45.0. The second-order valence-corrected chi connectivity index (χ2v) is 12.7. The fraction of sp³-hybridized carbons (Fsp3) is 0.810. The summed E-state index contributed by atoms with van der Waals surface area (Å²) in [6.07, 6.45) is 10.5. The molecule has 0 aromatic heterocycles. The van der Waals surface area contributed by atoms with Crippen molar-refractivity contribution < 1.29 is 71.2 Å². The highest BCUT2D eigenvalue weighted by Gasteiger charge is 2.17. The van der Waals surface area contributed by atoms with Gasteiger partial charge in [-0.2, -0.15) is 0 Å². The van der Waals surface area contributed by atoms with E-state index in [-0.39, 0.29) is 13.2 Å². The lowest BCUT2D eigenvalue weighted by molar-refractivity contribution is -0.139. The van der Waals surface area contributed by atoms with Gasteiger partial charge in [0.2, 0.25) is 0 Å². The lowest BCUT2D eigenvalue weighted by atomic mass is 10.1. The van der Waals surface area contributed by atoms with Gasteiger partial charge in [-0.15, -0.1) is 0 Å². The van der Waals surface area contributed by atoms with Crippen LogP contribution in [0, 0.1) is 0 Å². The van der Waals surface area contributed by atoms with Crippen LogP contribution in [0.4, 0.5) is 0 Å². The summed E-state index contributed by atoms with van der Waals surface area (Å²) >= 11 is 0. The zero-order valence-corrected chi connectivity index (χ0v) is 34.8. The van der Waals surface area contributed by atoms with Crippen molar-refractivity contribution in [3.8, 4) is 0 Å². The fourth-order valence-corrected chi connectivity index (χ4v) is 4.83. The van der Waals surface area contributed by atoms with Gasteiger partial charge in [-0.25, -0.2) is 4.79 Å². The molecule has 15 heteroatoms. The van der Waals surface area contributed by atoms with E-state index >= 15 is 0 Å². The molecule has 0 unspecified atom stereocenters. The number of Topliss-reactive ketones (excluding diaryl/α,β-unsaturated/α-hetero) is 1. The second-order valence-electron chi connectivity index (χ2n) is 12.7. The van der Waals surface area contributed by atoms with Crippen LogP contribution in [0.5, 0.6) is 0 Å². The summed E-state index contributed by atoms with van der Waals surface area (Å²) in [5.74, 6) is -1.57. The third kappa shape index (κ3) is 39.1. The molecule has 332 valence electrons. The van der Waals surface area contributed by atoms with Crippen LogP contribution in [0.2, 0.25) is 0 Å². The van der Waals surface area contributed by atoms with Gasteiger partial charge in [0.1, 0.15) is 6.61 Å². The maximum atomic E-state index is 11.9. The Balaban J connectivity index is 1.63. The van der Waals surface area contributed by atoms with Crippen LogP contribution in [0.25, 0.3) is 0 Å². The third-order valence-corrected chi connectivity index (χ3v) is 7.92. The number of carbonyl (C=O) groups excluding carboxylic acids is 2. The van der Waals surface area contributed by atoms with E-state index in [2.05, 4.69) is 6.92 Å². The molecular formula is C42H74O15. The number of rotatable bonds is 47. The van der Waals surface area contributed by atoms with E-state index in [1.807, 2.05) is 0 Å². The molecule has 0 aliphatic carbocycles. The summed E-state index contributed by atoms with van der Waals surface area (Å²) in [4.78, 5) is 23.7. The van der Waals surface area contributed by atoms with Gasteiger partial charge in [0.15, 0.2) is 0 Å². The van der Waals surface area contributed by atoms with Gasteiger partial charge in [-0.3, -0.25) is 4.79 Å². The smallest absolute Gasteiger partial charge is 0.379 e. The molecule has 0 heterocycles. The van der Waals surface area contributed by atoms with Crippen LogP contribution in [0.3, 0.4) is 0 Å². The Hall–Kier alpha value is -2.12. The first kappa shape index (κ1) is 52.9. The number of hydrogen-bond acceptors (Lipinski definition) is 15. The van der Waals surface area contributed by atoms with Gasteiger partial charge in [0.25, 0.3) is 5.78 Å². The van der Waals surface area contributed by atoms with E-state index in [0.717, 1.165) is 13.0 Å². The summed E-state index contributed by atoms with van der Waals surface area (Å²) in [5.41, 5.74) is 0.296. The molecule has 0 aliphatic rings. The number of carbonyl (C=O) groups is 2. The van der Waals surface area contributed by atoms with Gasteiger partial charge in [0, 0.05) is 12.2 Å². The molecule has 0 N–H and O–H groups in total. The van der Waals surface area contributed by atoms with Crippen LogP contribution < -0.4 is 0 Å². The largest absolute Gasteiger partial charge is 0.457 e. The molecule has 0 atom stereocenters. The molecule has 0 aliphatic heterocycles. The van der Waals surface area contributed by atoms with Gasteiger partial charge in [0.05, 0.1) is 152 Å². The number of esters is 1. The molecule has 0 amide bonds. The monoisotopic (exact) mass is 819 g/mol. The SMILES string of the molecule is CCCCCCCCCCOCCOCCOCCOCCOCCOCCOCCOCCOCCOCCOCCOCCOC(=O)C(=O)c1ccccc1.